The number of carbonyl (C=O) groups excluding carboxylic acids is 1. The number of anilines is 1. The van der Waals surface area contributed by atoms with Crippen LogP contribution in [0.25, 0.3) is 10.9 Å². The van der Waals surface area contributed by atoms with Gasteiger partial charge in [-0.1, -0.05) is 18.2 Å². The first kappa shape index (κ1) is 15.8. The average Bonchev–Trinajstić information content (AvgIpc) is 2.99. The van der Waals surface area contributed by atoms with Gasteiger partial charge in [-0.25, -0.2) is 4.39 Å². The summed E-state index contributed by atoms with van der Waals surface area (Å²) in [5, 5.41) is 6.97. The van der Waals surface area contributed by atoms with E-state index in [-0.39, 0.29) is 23.8 Å². The third-order valence-electron chi connectivity index (χ3n) is 4.76. The first-order valence-corrected chi connectivity index (χ1v) is 8.49. The second-order valence-electron chi connectivity index (χ2n) is 6.58. The fraction of sp³-hybridized carbons (Fsp3) is 0.250. The van der Waals surface area contributed by atoms with Gasteiger partial charge in [0.15, 0.2) is 0 Å². The Morgan fingerprint density at radius 3 is 3.04 bits per heavy atom. The van der Waals surface area contributed by atoms with Gasteiger partial charge in [0.05, 0.1) is 12.1 Å². The van der Waals surface area contributed by atoms with Gasteiger partial charge in [0.1, 0.15) is 5.82 Å². The predicted molar refractivity (Wildman–Crippen MR) is 97.2 cm³/mol. The molecule has 4 nitrogen and oxygen atoms in total. The molecular formula is C20H20FN3O. The molecule has 0 saturated heterocycles. The van der Waals surface area contributed by atoms with Gasteiger partial charge in [-0.3, -0.25) is 4.79 Å². The van der Waals surface area contributed by atoms with Gasteiger partial charge in [0, 0.05) is 23.6 Å². The van der Waals surface area contributed by atoms with Crippen LogP contribution in [0.4, 0.5) is 10.1 Å². The van der Waals surface area contributed by atoms with Gasteiger partial charge in [-0.2, -0.15) is 0 Å². The minimum Gasteiger partial charge on any atom is -0.361 e. The van der Waals surface area contributed by atoms with Crippen molar-refractivity contribution in [1.82, 2.24) is 10.3 Å². The van der Waals surface area contributed by atoms with E-state index in [1.165, 1.54) is 0 Å². The largest absolute Gasteiger partial charge is 0.361 e. The molecule has 0 bridgehead atoms. The molecule has 1 aliphatic heterocycles. The summed E-state index contributed by atoms with van der Waals surface area (Å²) in [7, 11) is 0. The van der Waals surface area contributed by atoms with Crippen molar-refractivity contribution in [2.24, 2.45) is 0 Å². The van der Waals surface area contributed by atoms with Crippen molar-refractivity contribution in [3.05, 3.63) is 64.6 Å². The van der Waals surface area contributed by atoms with Gasteiger partial charge in [-0.15, -0.1) is 0 Å². The molecule has 0 atom stereocenters. The topological polar surface area (TPSA) is 56.9 Å². The van der Waals surface area contributed by atoms with Crippen molar-refractivity contribution in [3.63, 3.8) is 0 Å². The summed E-state index contributed by atoms with van der Waals surface area (Å²) in [6.45, 7) is 3.46. The molecule has 3 N–H and O–H groups in total. The molecule has 128 valence electrons. The number of rotatable bonds is 3. The Morgan fingerprint density at radius 2 is 2.16 bits per heavy atom. The van der Waals surface area contributed by atoms with Gasteiger partial charge >= 0.3 is 0 Å². The molecule has 0 radical (unpaired) electrons. The quantitative estimate of drug-likeness (QED) is 0.686. The number of hydrogen-bond donors (Lipinski definition) is 3. The molecule has 0 aliphatic carbocycles. The number of carbonyl (C=O) groups is 1. The molecule has 0 fully saturated rings. The van der Waals surface area contributed by atoms with Crippen LogP contribution < -0.4 is 10.6 Å². The summed E-state index contributed by atoms with van der Waals surface area (Å²) in [4.78, 5) is 15.6. The molecule has 4 rings (SSSR count). The van der Waals surface area contributed by atoms with E-state index in [0.29, 0.717) is 18.5 Å². The first-order chi connectivity index (χ1) is 12.1. The maximum atomic E-state index is 14.6. The molecule has 3 aromatic rings. The van der Waals surface area contributed by atoms with Crippen molar-refractivity contribution in [2.45, 2.75) is 26.3 Å². The molecule has 2 heterocycles. The number of fused-ring (bicyclic) bond motifs is 2. The monoisotopic (exact) mass is 337 g/mol. The van der Waals surface area contributed by atoms with E-state index < -0.39 is 0 Å². The van der Waals surface area contributed by atoms with Crippen LogP contribution in [0.3, 0.4) is 0 Å². The van der Waals surface area contributed by atoms with Crippen LogP contribution >= 0.6 is 0 Å². The Balaban J connectivity index is 1.54. The maximum Gasteiger partial charge on any atom is 0.228 e. The molecule has 5 heteroatoms. The summed E-state index contributed by atoms with van der Waals surface area (Å²) in [6, 6.07) is 9.62. The van der Waals surface area contributed by atoms with Crippen molar-refractivity contribution >= 4 is 22.5 Å². The molecule has 0 unspecified atom stereocenters. The lowest BCUT2D eigenvalue weighted by atomic mass is 9.99. The van der Waals surface area contributed by atoms with Gasteiger partial charge < -0.3 is 15.6 Å². The minimum atomic E-state index is -0.304. The Bertz CT molecular complexity index is 961. The Morgan fingerprint density at radius 1 is 1.28 bits per heavy atom. The van der Waals surface area contributed by atoms with E-state index in [1.54, 1.807) is 6.07 Å². The summed E-state index contributed by atoms with van der Waals surface area (Å²) in [5.74, 6) is -0.517. The number of aromatic amines is 1. The van der Waals surface area contributed by atoms with E-state index >= 15 is 0 Å². The number of amides is 1. The van der Waals surface area contributed by atoms with Crippen molar-refractivity contribution < 1.29 is 9.18 Å². The second kappa shape index (κ2) is 6.33. The molecule has 1 amide bonds. The zero-order valence-corrected chi connectivity index (χ0v) is 14.1. The Hall–Kier alpha value is -2.66. The molecule has 2 aromatic carbocycles. The van der Waals surface area contributed by atoms with Crippen molar-refractivity contribution in [1.29, 1.82) is 0 Å². The lowest BCUT2D eigenvalue weighted by molar-refractivity contribution is -0.115. The van der Waals surface area contributed by atoms with E-state index in [4.69, 9.17) is 0 Å². The Kier molecular flexibility index (Phi) is 4.01. The van der Waals surface area contributed by atoms with E-state index in [2.05, 4.69) is 15.6 Å². The number of benzene rings is 2. The number of halogens is 1. The number of hydrogen-bond acceptors (Lipinski definition) is 2. The van der Waals surface area contributed by atoms with Gasteiger partial charge in [0.2, 0.25) is 5.91 Å². The number of H-pyrrole nitrogens is 1. The zero-order valence-electron chi connectivity index (χ0n) is 14.1. The molecule has 25 heavy (non-hydrogen) atoms. The van der Waals surface area contributed by atoms with Crippen LogP contribution in [-0.4, -0.2) is 17.4 Å². The van der Waals surface area contributed by atoms with Crippen LogP contribution in [0.5, 0.6) is 0 Å². The summed E-state index contributed by atoms with van der Waals surface area (Å²) in [6.07, 6.45) is 2.70. The molecule has 1 aromatic heterocycles. The molecule has 1 aliphatic rings. The molecule has 0 saturated carbocycles. The van der Waals surface area contributed by atoms with Crippen LogP contribution in [0.2, 0.25) is 0 Å². The highest BCUT2D eigenvalue weighted by Crippen LogP contribution is 2.25. The smallest absolute Gasteiger partial charge is 0.228 e. The first-order valence-electron chi connectivity index (χ1n) is 8.49. The van der Waals surface area contributed by atoms with Gasteiger partial charge in [-0.05, 0) is 54.3 Å². The normalized spacial score (nSPS) is 13.7. The van der Waals surface area contributed by atoms with Crippen LogP contribution in [0.1, 0.15) is 22.3 Å². The van der Waals surface area contributed by atoms with Gasteiger partial charge in [0.25, 0.3) is 0 Å². The van der Waals surface area contributed by atoms with Crippen molar-refractivity contribution in [2.75, 3.05) is 11.9 Å². The average molecular weight is 337 g/mol. The fourth-order valence-corrected chi connectivity index (χ4v) is 3.44. The van der Waals surface area contributed by atoms with Crippen molar-refractivity contribution in [3.8, 4) is 0 Å². The SMILES string of the molecule is Cc1ccc2c(CC(=O)Nc3ccc4c(c3F)CCNC4)c[nH]c2c1. The summed E-state index contributed by atoms with van der Waals surface area (Å²) >= 11 is 0. The highest BCUT2D eigenvalue weighted by atomic mass is 19.1. The van der Waals surface area contributed by atoms with Crippen LogP contribution in [0.15, 0.2) is 36.5 Å². The number of nitrogens with one attached hydrogen (secondary N) is 3. The highest BCUT2D eigenvalue weighted by molar-refractivity contribution is 5.96. The summed E-state index contributed by atoms with van der Waals surface area (Å²) in [5.41, 5.74) is 5.02. The number of aryl methyl sites for hydroxylation is 1. The fourth-order valence-electron chi connectivity index (χ4n) is 3.44. The van der Waals surface area contributed by atoms with Crippen LogP contribution in [0, 0.1) is 12.7 Å². The number of aromatic nitrogens is 1. The van der Waals surface area contributed by atoms with E-state index in [9.17, 15) is 9.18 Å². The predicted octanol–water partition coefficient (Wildman–Crippen LogP) is 3.44. The minimum absolute atomic E-state index is 0.209. The third-order valence-corrected chi connectivity index (χ3v) is 4.76. The third kappa shape index (κ3) is 3.03. The zero-order chi connectivity index (χ0) is 17.4. The standard InChI is InChI=1S/C20H20FN3O/c1-12-2-4-15-14(11-23-18(15)8-12)9-19(25)24-17-5-3-13-10-22-7-6-16(13)20(17)21/h2-5,8,11,22-23H,6-7,9-10H2,1H3,(H,24,25). The molecular weight excluding hydrogens is 317 g/mol. The lowest BCUT2D eigenvalue weighted by Crippen LogP contribution is -2.25. The maximum absolute atomic E-state index is 14.6. The Labute approximate surface area is 145 Å². The van der Waals surface area contributed by atoms with Crippen LogP contribution in [-0.2, 0) is 24.2 Å². The van der Waals surface area contributed by atoms with E-state index in [1.807, 2.05) is 37.4 Å². The second-order valence-corrected chi connectivity index (χ2v) is 6.58. The highest BCUT2D eigenvalue weighted by Gasteiger charge is 2.18. The van der Waals surface area contributed by atoms with E-state index in [0.717, 1.165) is 34.1 Å². The lowest BCUT2D eigenvalue weighted by Gasteiger charge is -2.19. The molecule has 0 spiro atoms. The summed E-state index contributed by atoms with van der Waals surface area (Å²) < 4.78 is 14.6.